The molecular weight excluding hydrogens is 420 g/mol. The number of aromatic carboxylic acids is 1. The number of carboxylic acid groups (broad SMARTS) is 1. The van der Waals surface area contributed by atoms with Crippen molar-refractivity contribution in [1.82, 2.24) is 0 Å². The molecule has 2 aliphatic rings. The van der Waals surface area contributed by atoms with Gasteiger partial charge in [0.15, 0.2) is 0 Å². The van der Waals surface area contributed by atoms with Crippen LogP contribution in [0.3, 0.4) is 0 Å². The molecule has 0 heterocycles. The molecule has 4 heteroatoms. The average molecular weight is 455 g/mol. The van der Waals surface area contributed by atoms with E-state index in [4.69, 9.17) is 0 Å². The largest absolute Gasteiger partial charge is 0.478 e. The van der Waals surface area contributed by atoms with Gasteiger partial charge < -0.3 is 15.7 Å². The summed E-state index contributed by atoms with van der Waals surface area (Å²) < 4.78 is 0. The summed E-state index contributed by atoms with van der Waals surface area (Å²) in [7, 11) is 0. The Morgan fingerprint density at radius 3 is 1.91 bits per heavy atom. The van der Waals surface area contributed by atoms with E-state index in [-0.39, 0.29) is 5.56 Å². The lowest BCUT2D eigenvalue weighted by atomic mass is 9.57. The van der Waals surface area contributed by atoms with Crippen LogP contribution in [0.25, 0.3) is 0 Å². The highest BCUT2D eigenvalue weighted by Crippen LogP contribution is 2.51. The summed E-state index contributed by atoms with van der Waals surface area (Å²) >= 11 is 0. The van der Waals surface area contributed by atoms with Gasteiger partial charge in [-0.3, -0.25) is 0 Å². The van der Waals surface area contributed by atoms with Crippen LogP contribution < -0.4 is 10.6 Å². The van der Waals surface area contributed by atoms with Crippen LogP contribution in [0.1, 0.15) is 61.9 Å². The standard InChI is InChI=1S/C30H34N2O2/c1-20-15-21-17-22(16-20)19-30(2,18-21)23-7-9-24(10-8-23)31-25-11-13-26(14-12-25)32-28-6-4-3-5-27(28)29(33)34/h3-14,20-22,31-32H,15-19H2,1-2H3,(H,33,34). The van der Waals surface area contributed by atoms with Gasteiger partial charge >= 0.3 is 5.97 Å². The normalized spacial score (nSPS) is 26.0. The van der Waals surface area contributed by atoms with Crippen molar-refractivity contribution in [3.05, 3.63) is 83.9 Å². The number of nitrogens with one attached hydrogen (secondary N) is 2. The van der Waals surface area contributed by atoms with E-state index >= 15 is 0 Å². The number of hydrogen-bond donors (Lipinski definition) is 3. The Hall–Kier alpha value is -3.27. The van der Waals surface area contributed by atoms with Gasteiger partial charge in [0.25, 0.3) is 0 Å². The number of fused-ring (bicyclic) bond motifs is 2. The van der Waals surface area contributed by atoms with E-state index in [1.807, 2.05) is 30.3 Å². The highest BCUT2D eigenvalue weighted by Gasteiger charge is 2.41. The van der Waals surface area contributed by atoms with E-state index in [1.165, 1.54) is 37.7 Å². The number of benzene rings is 3. The van der Waals surface area contributed by atoms with E-state index in [0.29, 0.717) is 11.1 Å². The quantitative estimate of drug-likeness (QED) is 0.353. The van der Waals surface area contributed by atoms with Gasteiger partial charge in [-0.05, 0) is 109 Å². The molecule has 2 atom stereocenters. The molecular formula is C30H34N2O2. The molecule has 0 aromatic heterocycles. The first-order valence-corrected chi connectivity index (χ1v) is 12.4. The van der Waals surface area contributed by atoms with Gasteiger partial charge in [0.2, 0.25) is 0 Å². The van der Waals surface area contributed by atoms with Crippen LogP contribution in [0.2, 0.25) is 0 Å². The third-order valence-electron chi connectivity index (χ3n) is 7.81. The molecule has 34 heavy (non-hydrogen) atoms. The van der Waals surface area contributed by atoms with Gasteiger partial charge in [-0.15, -0.1) is 0 Å². The number of hydrogen-bond acceptors (Lipinski definition) is 3. The minimum absolute atomic E-state index is 0.259. The smallest absolute Gasteiger partial charge is 0.337 e. The van der Waals surface area contributed by atoms with E-state index in [1.54, 1.807) is 18.2 Å². The second-order valence-corrected chi connectivity index (χ2v) is 10.8. The Kier molecular flexibility index (Phi) is 6.07. The molecule has 2 fully saturated rings. The molecule has 3 aromatic carbocycles. The molecule has 2 bridgehead atoms. The molecule has 2 saturated carbocycles. The summed E-state index contributed by atoms with van der Waals surface area (Å²) in [4.78, 5) is 11.4. The van der Waals surface area contributed by atoms with Crippen LogP contribution in [0.4, 0.5) is 22.7 Å². The maximum absolute atomic E-state index is 11.4. The molecule has 5 rings (SSSR count). The summed E-state index contributed by atoms with van der Waals surface area (Å²) in [6.45, 7) is 4.90. The van der Waals surface area contributed by atoms with Gasteiger partial charge in [-0.1, -0.05) is 38.1 Å². The Labute approximate surface area is 202 Å². The molecule has 0 amide bonds. The second-order valence-electron chi connectivity index (χ2n) is 10.8. The molecule has 0 aliphatic heterocycles. The Morgan fingerprint density at radius 2 is 1.32 bits per heavy atom. The van der Waals surface area contributed by atoms with Crippen molar-refractivity contribution in [2.45, 2.75) is 51.4 Å². The Balaban J connectivity index is 1.24. The second kappa shape index (κ2) is 9.17. The van der Waals surface area contributed by atoms with E-state index in [0.717, 1.165) is 34.8 Å². The van der Waals surface area contributed by atoms with Crippen molar-refractivity contribution in [3.8, 4) is 0 Å². The molecule has 0 radical (unpaired) electrons. The fourth-order valence-corrected chi connectivity index (χ4v) is 6.52. The fraction of sp³-hybridized carbons (Fsp3) is 0.367. The molecule has 176 valence electrons. The third kappa shape index (κ3) is 4.82. The number of anilines is 4. The number of para-hydroxylation sites is 1. The molecule has 3 aromatic rings. The van der Waals surface area contributed by atoms with Crippen molar-refractivity contribution in [3.63, 3.8) is 0 Å². The summed E-state index contributed by atoms with van der Waals surface area (Å²) in [6.07, 6.45) is 6.88. The van der Waals surface area contributed by atoms with Crippen molar-refractivity contribution in [2.75, 3.05) is 10.6 Å². The zero-order chi connectivity index (χ0) is 23.7. The summed E-state index contributed by atoms with van der Waals surface area (Å²) in [5, 5.41) is 16.1. The minimum Gasteiger partial charge on any atom is -0.478 e. The van der Waals surface area contributed by atoms with E-state index < -0.39 is 5.97 Å². The SMILES string of the molecule is CC1CC2CC(C1)CC(C)(c1ccc(Nc3ccc(Nc4ccccc4C(=O)O)cc3)cc1)C2. The molecule has 2 aliphatic carbocycles. The zero-order valence-corrected chi connectivity index (χ0v) is 20.1. The van der Waals surface area contributed by atoms with Crippen LogP contribution in [0.5, 0.6) is 0 Å². The molecule has 4 nitrogen and oxygen atoms in total. The van der Waals surface area contributed by atoms with Crippen LogP contribution >= 0.6 is 0 Å². The van der Waals surface area contributed by atoms with E-state index in [9.17, 15) is 9.90 Å². The first-order chi connectivity index (χ1) is 16.4. The van der Waals surface area contributed by atoms with Crippen molar-refractivity contribution in [1.29, 1.82) is 0 Å². The predicted octanol–water partition coefficient (Wildman–Crippen LogP) is 7.98. The summed E-state index contributed by atoms with van der Waals surface area (Å²) in [5.41, 5.74) is 5.53. The van der Waals surface area contributed by atoms with Gasteiger partial charge in [-0.2, -0.15) is 0 Å². The highest BCUT2D eigenvalue weighted by atomic mass is 16.4. The van der Waals surface area contributed by atoms with Gasteiger partial charge in [0.1, 0.15) is 0 Å². The van der Waals surface area contributed by atoms with Crippen molar-refractivity contribution < 1.29 is 9.90 Å². The van der Waals surface area contributed by atoms with Gasteiger partial charge in [0.05, 0.1) is 11.3 Å². The summed E-state index contributed by atoms with van der Waals surface area (Å²) in [6, 6.07) is 23.9. The van der Waals surface area contributed by atoms with Crippen LogP contribution in [0, 0.1) is 17.8 Å². The third-order valence-corrected chi connectivity index (χ3v) is 7.81. The lowest BCUT2D eigenvalue weighted by Gasteiger charge is -2.47. The highest BCUT2D eigenvalue weighted by molar-refractivity contribution is 5.95. The average Bonchev–Trinajstić information content (AvgIpc) is 2.80. The van der Waals surface area contributed by atoms with Crippen molar-refractivity contribution in [2.24, 2.45) is 17.8 Å². The topological polar surface area (TPSA) is 61.4 Å². The fourth-order valence-electron chi connectivity index (χ4n) is 6.52. The van der Waals surface area contributed by atoms with Crippen LogP contribution in [-0.2, 0) is 5.41 Å². The lowest BCUT2D eigenvalue weighted by molar-refractivity contribution is 0.0698. The first-order valence-electron chi connectivity index (χ1n) is 12.4. The molecule has 0 saturated heterocycles. The molecule has 2 unspecified atom stereocenters. The monoisotopic (exact) mass is 454 g/mol. The molecule has 3 N–H and O–H groups in total. The van der Waals surface area contributed by atoms with Crippen LogP contribution in [0.15, 0.2) is 72.8 Å². The van der Waals surface area contributed by atoms with Crippen LogP contribution in [-0.4, -0.2) is 11.1 Å². The summed E-state index contributed by atoms with van der Waals surface area (Å²) in [5.74, 6) is 1.73. The lowest BCUT2D eigenvalue weighted by Crippen LogP contribution is -2.38. The predicted molar refractivity (Wildman–Crippen MR) is 139 cm³/mol. The van der Waals surface area contributed by atoms with Crippen molar-refractivity contribution >= 4 is 28.7 Å². The number of rotatable bonds is 6. The maximum Gasteiger partial charge on any atom is 0.337 e. The number of carboxylic acids is 1. The maximum atomic E-state index is 11.4. The van der Waals surface area contributed by atoms with E-state index in [2.05, 4.69) is 48.7 Å². The van der Waals surface area contributed by atoms with Gasteiger partial charge in [-0.25, -0.2) is 4.79 Å². The zero-order valence-electron chi connectivity index (χ0n) is 20.1. The first kappa shape index (κ1) is 22.5. The number of carbonyl (C=O) groups is 1. The Bertz CT molecular complexity index is 1140. The molecule has 0 spiro atoms. The van der Waals surface area contributed by atoms with Gasteiger partial charge in [0, 0.05) is 17.1 Å². The minimum atomic E-state index is -0.940. The Morgan fingerprint density at radius 1 is 0.794 bits per heavy atom.